The largest absolute Gasteiger partial charge is 0.497 e. The molecule has 0 saturated carbocycles. The SMILES string of the molecule is CCNCc1ccc(OC)cc1OCc1ccc(Cl)s1. The second kappa shape index (κ2) is 7.53. The van der Waals surface area contributed by atoms with Gasteiger partial charge in [-0.1, -0.05) is 24.6 Å². The van der Waals surface area contributed by atoms with E-state index in [1.807, 2.05) is 30.3 Å². The summed E-state index contributed by atoms with van der Waals surface area (Å²) >= 11 is 7.46. The van der Waals surface area contributed by atoms with Crippen LogP contribution < -0.4 is 14.8 Å². The third-order valence-corrected chi connectivity index (χ3v) is 4.04. The molecule has 1 aromatic carbocycles. The van der Waals surface area contributed by atoms with Crippen molar-refractivity contribution in [2.45, 2.75) is 20.1 Å². The molecule has 108 valence electrons. The summed E-state index contributed by atoms with van der Waals surface area (Å²) in [5.41, 5.74) is 1.12. The number of methoxy groups -OCH3 is 1. The predicted octanol–water partition coefficient (Wildman–Crippen LogP) is 4.10. The van der Waals surface area contributed by atoms with Crippen LogP contribution in [0.4, 0.5) is 0 Å². The number of thiophene rings is 1. The van der Waals surface area contributed by atoms with Crippen molar-refractivity contribution in [1.82, 2.24) is 5.32 Å². The molecule has 0 spiro atoms. The Bertz CT molecular complexity index is 557. The highest BCUT2D eigenvalue weighted by Crippen LogP contribution is 2.27. The molecule has 0 atom stereocenters. The predicted molar refractivity (Wildman–Crippen MR) is 84.0 cm³/mol. The lowest BCUT2D eigenvalue weighted by Crippen LogP contribution is -2.12. The molecule has 0 fully saturated rings. The highest BCUT2D eigenvalue weighted by atomic mass is 35.5. The Kier molecular flexibility index (Phi) is 5.71. The average molecular weight is 312 g/mol. The molecule has 1 aromatic heterocycles. The molecular weight excluding hydrogens is 294 g/mol. The summed E-state index contributed by atoms with van der Waals surface area (Å²) in [6.45, 7) is 4.30. The van der Waals surface area contributed by atoms with Crippen LogP contribution in [0.2, 0.25) is 4.34 Å². The van der Waals surface area contributed by atoms with Gasteiger partial charge in [-0.3, -0.25) is 0 Å². The van der Waals surface area contributed by atoms with E-state index in [1.165, 1.54) is 11.3 Å². The number of hydrogen-bond donors (Lipinski definition) is 1. The van der Waals surface area contributed by atoms with Crippen LogP contribution in [0.3, 0.4) is 0 Å². The van der Waals surface area contributed by atoms with Crippen LogP contribution >= 0.6 is 22.9 Å². The molecule has 0 aliphatic heterocycles. The maximum atomic E-state index is 5.92. The van der Waals surface area contributed by atoms with Gasteiger partial charge in [0.05, 0.1) is 11.4 Å². The normalized spacial score (nSPS) is 10.6. The lowest BCUT2D eigenvalue weighted by atomic mass is 10.2. The van der Waals surface area contributed by atoms with Crippen molar-refractivity contribution in [2.24, 2.45) is 0 Å². The lowest BCUT2D eigenvalue weighted by Gasteiger charge is -2.13. The van der Waals surface area contributed by atoms with Crippen molar-refractivity contribution in [3.8, 4) is 11.5 Å². The zero-order valence-electron chi connectivity index (χ0n) is 11.6. The number of rotatable bonds is 7. The fourth-order valence-electron chi connectivity index (χ4n) is 1.78. The molecule has 2 rings (SSSR count). The Morgan fingerprint density at radius 2 is 2.10 bits per heavy atom. The van der Waals surface area contributed by atoms with E-state index < -0.39 is 0 Å². The van der Waals surface area contributed by atoms with E-state index in [0.29, 0.717) is 6.61 Å². The van der Waals surface area contributed by atoms with E-state index in [2.05, 4.69) is 12.2 Å². The molecule has 1 N–H and O–H groups in total. The molecule has 0 unspecified atom stereocenters. The summed E-state index contributed by atoms with van der Waals surface area (Å²) in [6, 6.07) is 9.76. The fourth-order valence-corrected chi connectivity index (χ4v) is 2.78. The molecule has 0 amide bonds. The molecule has 0 aliphatic carbocycles. The van der Waals surface area contributed by atoms with Crippen LogP contribution in [-0.4, -0.2) is 13.7 Å². The van der Waals surface area contributed by atoms with E-state index in [-0.39, 0.29) is 0 Å². The lowest BCUT2D eigenvalue weighted by molar-refractivity contribution is 0.303. The Morgan fingerprint density at radius 3 is 2.75 bits per heavy atom. The fraction of sp³-hybridized carbons (Fsp3) is 0.333. The van der Waals surface area contributed by atoms with Gasteiger partial charge in [-0.15, -0.1) is 11.3 Å². The van der Waals surface area contributed by atoms with Crippen LogP contribution in [0.25, 0.3) is 0 Å². The van der Waals surface area contributed by atoms with Crippen LogP contribution in [0.15, 0.2) is 30.3 Å². The molecule has 20 heavy (non-hydrogen) atoms. The topological polar surface area (TPSA) is 30.5 Å². The van der Waals surface area contributed by atoms with Gasteiger partial charge >= 0.3 is 0 Å². The molecule has 0 saturated heterocycles. The van der Waals surface area contributed by atoms with Crippen molar-refractivity contribution in [3.05, 3.63) is 45.1 Å². The molecule has 5 heteroatoms. The summed E-state index contributed by atoms with van der Waals surface area (Å²) in [5, 5.41) is 3.31. The molecular formula is C15H18ClNO2S. The van der Waals surface area contributed by atoms with Crippen LogP contribution in [0, 0.1) is 0 Å². The summed E-state index contributed by atoms with van der Waals surface area (Å²) < 4.78 is 11.9. The number of halogens is 1. The van der Waals surface area contributed by atoms with Crippen molar-refractivity contribution in [2.75, 3.05) is 13.7 Å². The van der Waals surface area contributed by atoms with Crippen molar-refractivity contribution in [3.63, 3.8) is 0 Å². The summed E-state index contributed by atoms with van der Waals surface area (Å²) in [7, 11) is 1.65. The van der Waals surface area contributed by atoms with E-state index >= 15 is 0 Å². The zero-order valence-corrected chi connectivity index (χ0v) is 13.2. The first-order valence-electron chi connectivity index (χ1n) is 6.47. The highest BCUT2D eigenvalue weighted by molar-refractivity contribution is 7.16. The van der Waals surface area contributed by atoms with Gasteiger partial charge in [0.15, 0.2) is 0 Å². The summed E-state index contributed by atoms with van der Waals surface area (Å²) in [4.78, 5) is 1.10. The maximum absolute atomic E-state index is 5.92. The van der Waals surface area contributed by atoms with E-state index in [0.717, 1.165) is 39.4 Å². The Hall–Kier alpha value is -1.23. The highest BCUT2D eigenvalue weighted by Gasteiger charge is 2.07. The summed E-state index contributed by atoms with van der Waals surface area (Å²) in [6.07, 6.45) is 0. The monoisotopic (exact) mass is 311 g/mol. The summed E-state index contributed by atoms with van der Waals surface area (Å²) in [5.74, 6) is 1.64. The minimum atomic E-state index is 0.518. The van der Waals surface area contributed by atoms with Gasteiger partial charge < -0.3 is 14.8 Å². The van der Waals surface area contributed by atoms with Crippen LogP contribution in [-0.2, 0) is 13.2 Å². The van der Waals surface area contributed by atoms with Crippen molar-refractivity contribution < 1.29 is 9.47 Å². The maximum Gasteiger partial charge on any atom is 0.128 e. The first-order chi connectivity index (χ1) is 9.72. The number of nitrogens with one attached hydrogen (secondary N) is 1. The Morgan fingerprint density at radius 1 is 1.25 bits per heavy atom. The average Bonchev–Trinajstić information content (AvgIpc) is 2.89. The molecule has 0 radical (unpaired) electrons. The van der Waals surface area contributed by atoms with Gasteiger partial charge in [-0.2, -0.15) is 0 Å². The molecule has 2 aromatic rings. The standard InChI is InChI=1S/C15H18ClNO2S/c1-3-17-9-11-4-5-12(18-2)8-14(11)19-10-13-6-7-15(16)20-13/h4-8,17H,3,9-10H2,1-2H3. The quantitative estimate of drug-likeness (QED) is 0.835. The van der Waals surface area contributed by atoms with E-state index in [4.69, 9.17) is 21.1 Å². The number of ether oxygens (including phenoxy) is 2. The minimum absolute atomic E-state index is 0.518. The molecule has 0 aliphatic rings. The second-order valence-electron chi connectivity index (χ2n) is 4.25. The van der Waals surface area contributed by atoms with Crippen LogP contribution in [0.1, 0.15) is 17.4 Å². The third kappa shape index (κ3) is 4.13. The van der Waals surface area contributed by atoms with Gasteiger partial charge in [0.2, 0.25) is 0 Å². The van der Waals surface area contributed by atoms with Crippen LogP contribution in [0.5, 0.6) is 11.5 Å². The van der Waals surface area contributed by atoms with Gasteiger partial charge in [0.1, 0.15) is 18.1 Å². The minimum Gasteiger partial charge on any atom is -0.497 e. The second-order valence-corrected chi connectivity index (χ2v) is 6.05. The Balaban J connectivity index is 2.10. The first kappa shape index (κ1) is 15.2. The van der Waals surface area contributed by atoms with Gasteiger partial charge in [0.25, 0.3) is 0 Å². The zero-order chi connectivity index (χ0) is 14.4. The number of hydrogen-bond acceptors (Lipinski definition) is 4. The molecule has 3 nitrogen and oxygen atoms in total. The number of benzene rings is 1. The van der Waals surface area contributed by atoms with Crippen molar-refractivity contribution >= 4 is 22.9 Å². The molecule has 0 bridgehead atoms. The third-order valence-electron chi connectivity index (χ3n) is 2.84. The van der Waals surface area contributed by atoms with E-state index in [9.17, 15) is 0 Å². The van der Waals surface area contributed by atoms with Crippen molar-refractivity contribution in [1.29, 1.82) is 0 Å². The first-order valence-corrected chi connectivity index (χ1v) is 7.67. The Labute approximate surface area is 128 Å². The molecule has 1 heterocycles. The van der Waals surface area contributed by atoms with Gasteiger partial charge in [-0.05, 0) is 24.7 Å². The van der Waals surface area contributed by atoms with E-state index in [1.54, 1.807) is 7.11 Å². The smallest absolute Gasteiger partial charge is 0.128 e. The van der Waals surface area contributed by atoms with Gasteiger partial charge in [0, 0.05) is 23.1 Å². The van der Waals surface area contributed by atoms with Gasteiger partial charge in [-0.25, -0.2) is 0 Å².